The summed E-state index contributed by atoms with van der Waals surface area (Å²) in [5.41, 5.74) is -0.195. The van der Waals surface area contributed by atoms with Gasteiger partial charge in [0.2, 0.25) is 0 Å². The van der Waals surface area contributed by atoms with Crippen molar-refractivity contribution in [3.8, 4) is 0 Å². The van der Waals surface area contributed by atoms with Crippen LogP contribution < -0.4 is 5.32 Å². The number of carbonyl (C=O) groups is 1. The highest BCUT2D eigenvalue weighted by molar-refractivity contribution is 5.88. The van der Waals surface area contributed by atoms with E-state index in [-0.39, 0.29) is 16.6 Å². The van der Waals surface area contributed by atoms with Crippen molar-refractivity contribution >= 4 is 5.78 Å². The van der Waals surface area contributed by atoms with Gasteiger partial charge >= 0.3 is 0 Å². The fraction of sp³-hybridized carbons (Fsp3) is 0.889. The third-order valence-electron chi connectivity index (χ3n) is 2.33. The molecule has 0 aromatic heterocycles. The summed E-state index contributed by atoms with van der Waals surface area (Å²) < 4.78 is 0. The molecule has 0 atom stereocenters. The van der Waals surface area contributed by atoms with Crippen LogP contribution in [0, 0.1) is 0 Å². The number of nitrogens with one attached hydrogen (secondary N) is 1. The summed E-state index contributed by atoms with van der Waals surface area (Å²) in [6.07, 6.45) is 1.67. The lowest BCUT2D eigenvalue weighted by Gasteiger charge is -2.41. The molecule has 3 nitrogen and oxygen atoms in total. The largest absolute Gasteiger partial charge is 0.412 e. The zero-order chi connectivity index (χ0) is 8.70. The van der Waals surface area contributed by atoms with Crippen molar-refractivity contribution < 1.29 is 10.3 Å². The molecule has 12 heavy (non-hydrogen) atoms. The van der Waals surface area contributed by atoms with Crippen LogP contribution in [0.4, 0.5) is 0 Å². The topological polar surface area (TPSA) is 60.6 Å². The Labute approximate surface area is 73.8 Å². The van der Waals surface area contributed by atoms with Crippen LogP contribution in [-0.4, -0.2) is 22.3 Å². The average molecular weight is 173 g/mol. The maximum absolute atomic E-state index is 11.3. The first-order valence-corrected chi connectivity index (χ1v) is 4.16. The molecule has 0 aliphatic carbocycles. The Kier molecular flexibility index (Phi) is 3.04. The van der Waals surface area contributed by atoms with E-state index in [9.17, 15) is 4.79 Å². The second-order valence-corrected chi connectivity index (χ2v) is 4.56. The molecule has 0 unspecified atom stereocenters. The molecule has 0 radical (unpaired) electrons. The van der Waals surface area contributed by atoms with Crippen LogP contribution in [0.2, 0.25) is 0 Å². The van der Waals surface area contributed by atoms with Crippen molar-refractivity contribution in [2.24, 2.45) is 0 Å². The maximum Gasteiger partial charge on any atom is 0.152 e. The van der Waals surface area contributed by atoms with E-state index in [2.05, 4.69) is 19.2 Å². The van der Waals surface area contributed by atoms with Gasteiger partial charge in [-0.2, -0.15) is 0 Å². The third-order valence-corrected chi connectivity index (χ3v) is 2.33. The lowest BCUT2D eigenvalue weighted by atomic mass is 9.82. The van der Waals surface area contributed by atoms with Crippen molar-refractivity contribution in [2.45, 2.75) is 51.6 Å². The SMILES string of the molecule is CC1(C)CCC(=O)C(C)(C)N1.O. The Bertz CT molecular complexity index is 185. The van der Waals surface area contributed by atoms with E-state index in [4.69, 9.17) is 0 Å². The van der Waals surface area contributed by atoms with Gasteiger partial charge in [-0.05, 0) is 34.1 Å². The summed E-state index contributed by atoms with van der Waals surface area (Å²) in [7, 11) is 0. The summed E-state index contributed by atoms with van der Waals surface area (Å²) in [4.78, 5) is 11.3. The number of Topliss-reactive ketones (excluding diaryl/α,β-unsaturated/α-hetero) is 1. The van der Waals surface area contributed by atoms with E-state index in [1.54, 1.807) is 0 Å². The van der Waals surface area contributed by atoms with Gasteiger partial charge in [-0.1, -0.05) is 0 Å². The quantitative estimate of drug-likeness (QED) is 0.585. The Balaban J connectivity index is 0.00000121. The predicted molar refractivity (Wildman–Crippen MR) is 49.1 cm³/mol. The van der Waals surface area contributed by atoms with Gasteiger partial charge in [0.1, 0.15) is 0 Å². The van der Waals surface area contributed by atoms with Gasteiger partial charge in [0.15, 0.2) is 5.78 Å². The van der Waals surface area contributed by atoms with Gasteiger partial charge in [-0.25, -0.2) is 0 Å². The molecule has 1 heterocycles. The Morgan fingerprint density at radius 1 is 1.25 bits per heavy atom. The van der Waals surface area contributed by atoms with Crippen LogP contribution in [0.3, 0.4) is 0 Å². The number of rotatable bonds is 0. The first-order chi connectivity index (χ1) is 4.83. The minimum Gasteiger partial charge on any atom is -0.412 e. The minimum absolute atomic E-state index is 0. The second-order valence-electron chi connectivity index (χ2n) is 4.56. The second kappa shape index (κ2) is 3.15. The van der Waals surface area contributed by atoms with Crippen molar-refractivity contribution in [1.82, 2.24) is 5.32 Å². The minimum atomic E-state index is -0.318. The highest BCUT2D eigenvalue weighted by Crippen LogP contribution is 2.24. The van der Waals surface area contributed by atoms with Crippen LogP contribution >= 0.6 is 0 Å². The molecule has 1 aliphatic heterocycles. The molecular weight excluding hydrogens is 154 g/mol. The van der Waals surface area contributed by atoms with E-state index >= 15 is 0 Å². The fourth-order valence-corrected chi connectivity index (χ4v) is 1.72. The van der Waals surface area contributed by atoms with Gasteiger partial charge in [0.25, 0.3) is 0 Å². The molecule has 3 heteroatoms. The zero-order valence-electron chi connectivity index (χ0n) is 8.32. The van der Waals surface area contributed by atoms with E-state index < -0.39 is 0 Å². The van der Waals surface area contributed by atoms with Crippen LogP contribution in [0.1, 0.15) is 40.5 Å². The molecule has 72 valence electrons. The maximum atomic E-state index is 11.3. The molecular formula is C9H19NO2. The summed E-state index contributed by atoms with van der Waals surface area (Å²) in [6.45, 7) is 8.19. The number of hydrogen-bond donors (Lipinski definition) is 1. The third kappa shape index (κ3) is 2.29. The van der Waals surface area contributed by atoms with E-state index in [0.29, 0.717) is 12.2 Å². The van der Waals surface area contributed by atoms with Crippen molar-refractivity contribution in [1.29, 1.82) is 0 Å². The highest BCUT2D eigenvalue weighted by Gasteiger charge is 2.38. The van der Waals surface area contributed by atoms with Gasteiger partial charge in [-0.3, -0.25) is 4.79 Å². The Morgan fingerprint density at radius 3 is 2.08 bits per heavy atom. The summed E-state index contributed by atoms with van der Waals surface area (Å²) in [6, 6.07) is 0. The standard InChI is InChI=1S/C9H17NO.H2O/c1-8(2)6-5-7(11)9(3,4)10-8;/h10H,5-6H2,1-4H3;1H2. The fourth-order valence-electron chi connectivity index (χ4n) is 1.72. The predicted octanol–water partition coefficient (Wildman–Crippen LogP) is 0.671. The molecule has 0 spiro atoms. The van der Waals surface area contributed by atoms with Crippen molar-refractivity contribution in [2.75, 3.05) is 0 Å². The molecule has 1 rings (SSSR count). The van der Waals surface area contributed by atoms with Gasteiger partial charge in [0.05, 0.1) is 5.54 Å². The van der Waals surface area contributed by atoms with Crippen molar-refractivity contribution in [3.05, 3.63) is 0 Å². The lowest BCUT2D eigenvalue weighted by molar-refractivity contribution is -0.127. The lowest BCUT2D eigenvalue weighted by Crippen LogP contribution is -2.60. The van der Waals surface area contributed by atoms with Crippen LogP contribution in [0.15, 0.2) is 0 Å². The monoisotopic (exact) mass is 173 g/mol. The molecule has 1 aliphatic rings. The van der Waals surface area contributed by atoms with Gasteiger partial charge in [-0.15, -0.1) is 0 Å². The zero-order valence-corrected chi connectivity index (χ0v) is 8.32. The molecule has 0 bridgehead atoms. The number of piperidine rings is 1. The molecule has 1 saturated heterocycles. The smallest absolute Gasteiger partial charge is 0.152 e. The first-order valence-electron chi connectivity index (χ1n) is 4.16. The molecule has 3 N–H and O–H groups in total. The molecule has 0 saturated carbocycles. The number of ketones is 1. The van der Waals surface area contributed by atoms with E-state index in [0.717, 1.165) is 6.42 Å². The first kappa shape index (κ1) is 11.6. The Hall–Kier alpha value is -0.410. The van der Waals surface area contributed by atoms with Crippen molar-refractivity contribution in [3.63, 3.8) is 0 Å². The summed E-state index contributed by atoms with van der Waals surface area (Å²) in [5.74, 6) is 0.330. The molecule has 0 aromatic carbocycles. The van der Waals surface area contributed by atoms with E-state index in [1.807, 2.05) is 13.8 Å². The Morgan fingerprint density at radius 2 is 1.75 bits per heavy atom. The van der Waals surface area contributed by atoms with Crippen LogP contribution in [0.5, 0.6) is 0 Å². The van der Waals surface area contributed by atoms with Crippen LogP contribution in [0.25, 0.3) is 0 Å². The normalized spacial score (nSPS) is 26.2. The number of carbonyl (C=O) groups excluding carboxylic acids is 1. The average Bonchev–Trinajstić information content (AvgIpc) is 1.77. The van der Waals surface area contributed by atoms with Crippen LogP contribution in [-0.2, 0) is 4.79 Å². The molecule has 0 amide bonds. The summed E-state index contributed by atoms with van der Waals surface area (Å²) in [5, 5.41) is 3.33. The van der Waals surface area contributed by atoms with Gasteiger partial charge < -0.3 is 10.8 Å². The molecule has 1 fully saturated rings. The van der Waals surface area contributed by atoms with E-state index in [1.165, 1.54) is 0 Å². The molecule has 0 aromatic rings. The number of hydrogen-bond acceptors (Lipinski definition) is 2. The highest BCUT2D eigenvalue weighted by atomic mass is 16.1. The summed E-state index contributed by atoms with van der Waals surface area (Å²) >= 11 is 0. The van der Waals surface area contributed by atoms with Gasteiger partial charge in [0, 0.05) is 12.0 Å².